The molecule has 0 aliphatic carbocycles. The molecule has 0 saturated carbocycles. The summed E-state index contributed by atoms with van der Waals surface area (Å²) in [5, 5.41) is 10.6. The number of hydrogen-bond acceptors (Lipinski definition) is 15. The van der Waals surface area contributed by atoms with E-state index in [4.69, 9.17) is 37.0 Å². The van der Waals surface area contributed by atoms with Crippen molar-refractivity contribution in [2.45, 2.75) is 419 Å². The Kier molecular flexibility index (Phi) is 67.7. The molecule has 0 rings (SSSR count). The molecular weight excluding hydrogens is 1250 g/mol. The van der Waals surface area contributed by atoms with Gasteiger partial charge < -0.3 is 33.8 Å². The van der Waals surface area contributed by atoms with Gasteiger partial charge in [-0.25, -0.2) is 9.13 Å². The molecule has 0 fully saturated rings. The van der Waals surface area contributed by atoms with E-state index in [9.17, 15) is 43.2 Å². The van der Waals surface area contributed by atoms with Crippen LogP contribution in [-0.2, 0) is 65.4 Å². The number of carbonyl (C=O) groups is 4. The van der Waals surface area contributed by atoms with Crippen molar-refractivity contribution >= 4 is 39.5 Å². The lowest BCUT2D eigenvalue weighted by atomic mass is 10.00. The second-order valence-electron chi connectivity index (χ2n) is 27.6. The van der Waals surface area contributed by atoms with Crippen molar-refractivity contribution in [3.8, 4) is 0 Å². The first-order valence-electron chi connectivity index (χ1n) is 39.7. The molecule has 3 unspecified atom stereocenters. The second-order valence-corrected chi connectivity index (χ2v) is 30.5. The lowest BCUT2D eigenvalue weighted by Gasteiger charge is -2.21. The number of rotatable bonds is 76. The molecule has 95 heavy (non-hydrogen) atoms. The molecule has 0 aromatic heterocycles. The van der Waals surface area contributed by atoms with Crippen LogP contribution in [-0.4, -0.2) is 96.7 Å². The monoisotopic (exact) mass is 1400 g/mol. The lowest BCUT2D eigenvalue weighted by Crippen LogP contribution is -2.30. The van der Waals surface area contributed by atoms with Gasteiger partial charge in [0.15, 0.2) is 12.2 Å². The van der Waals surface area contributed by atoms with Crippen molar-refractivity contribution in [1.29, 1.82) is 0 Å². The molecule has 3 N–H and O–H groups in total. The maximum atomic E-state index is 13.1. The fourth-order valence-corrected chi connectivity index (χ4v) is 13.3. The van der Waals surface area contributed by atoms with Gasteiger partial charge in [0.05, 0.1) is 26.4 Å². The fraction of sp³-hybridized carbons (Fsp3) is 0.947. The molecule has 0 saturated heterocycles. The third kappa shape index (κ3) is 69.0. The lowest BCUT2D eigenvalue weighted by molar-refractivity contribution is -0.161. The number of esters is 4. The third-order valence-corrected chi connectivity index (χ3v) is 20.0. The molecule has 0 heterocycles. The highest BCUT2D eigenvalue weighted by Crippen LogP contribution is 2.45. The normalized spacial score (nSPS) is 14.2. The van der Waals surface area contributed by atoms with E-state index >= 15 is 0 Å². The largest absolute Gasteiger partial charge is 0.472 e. The van der Waals surface area contributed by atoms with Crippen LogP contribution in [0, 0.1) is 5.92 Å². The number of unbranched alkanes of at least 4 members (excludes halogenated alkanes) is 47. The van der Waals surface area contributed by atoms with E-state index in [0.717, 1.165) is 102 Å². The van der Waals surface area contributed by atoms with E-state index in [1.807, 2.05) is 0 Å². The topological polar surface area (TPSA) is 237 Å². The Labute approximate surface area is 581 Å². The van der Waals surface area contributed by atoms with Crippen molar-refractivity contribution in [1.82, 2.24) is 0 Å². The predicted molar refractivity (Wildman–Crippen MR) is 386 cm³/mol. The number of aliphatic hydroxyl groups excluding tert-OH is 1. The Morgan fingerprint density at radius 2 is 0.505 bits per heavy atom. The van der Waals surface area contributed by atoms with E-state index < -0.39 is 97.5 Å². The Morgan fingerprint density at radius 3 is 0.747 bits per heavy atom. The van der Waals surface area contributed by atoms with Crippen LogP contribution >= 0.6 is 15.6 Å². The molecule has 19 heteroatoms. The molecule has 0 spiro atoms. The van der Waals surface area contributed by atoms with Crippen LogP contribution in [0.5, 0.6) is 0 Å². The van der Waals surface area contributed by atoms with Gasteiger partial charge in [-0.3, -0.25) is 37.3 Å². The summed E-state index contributed by atoms with van der Waals surface area (Å²) in [4.78, 5) is 72.8. The van der Waals surface area contributed by atoms with Crippen LogP contribution in [0.4, 0.5) is 0 Å². The zero-order valence-corrected chi connectivity index (χ0v) is 63.6. The standard InChI is InChI=1S/C76H148O17P2/c1-6-10-13-16-19-22-25-28-31-32-33-36-39-42-45-52-57-62-75(80)92-71(65-86-73(78)59-54-49-43-40-37-34-29-26-23-20-17-14-11-7-2)67-90-94(82,83)88-63-70(77)64-89-95(84,85)91-68-72(66-87-74(79)60-55-50-47-46-48-53-58-69(5)9-4)93-76(81)61-56-51-44-41-38-35-30-27-24-21-18-15-12-8-3/h69-72,77H,6-68H2,1-5H3,(H,82,83)(H,84,85)/t69?,70-,71-,72-/m1/s1. The minimum Gasteiger partial charge on any atom is -0.462 e. The molecule has 0 aromatic carbocycles. The van der Waals surface area contributed by atoms with Crippen molar-refractivity contribution < 1.29 is 80.2 Å². The zero-order chi connectivity index (χ0) is 69.8. The first-order chi connectivity index (χ1) is 46.1. The zero-order valence-electron chi connectivity index (χ0n) is 61.8. The van der Waals surface area contributed by atoms with Gasteiger partial charge in [-0.2, -0.15) is 0 Å². The van der Waals surface area contributed by atoms with E-state index in [1.54, 1.807) is 0 Å². The summed E-state index contributed by atoms with van der Waals surface area (Å²) in [6.07, 6.45) is 58.1. The van der Waals surface area contributed by atoms with Gasteiger partial charge in [0.1, 0.15) is 19.3 Å². The minimum absolute atomic E-state index is 0.107. The number of hydrogen-bond donors (Lipinski definition) is 3. The Morgan fingerprint density at radius 1 is 0.295 bits per heavy atom. The molecule has 0 aliphatic heterocycles. The molecule has 0 bridgehead atoms. The molecule has 0 radical (unpaired) electrons. The number of phosphoric ester groups is 2. The Hall–Kier alpha value is -1.94. The van der Waals surface area contributed by atoms with Crippen LogP contribution < -0.4 is 0 Å². The molecule has 0 aliphatic rings. The van der Waals surface area contributed by atoms with Crippen LogP contribution in [0.15, 0.2) is 0 Å². The first kappa shape index (κ1) is 93.1. The third-order valence-electron chi connectivity index (χ3n) is 18.1. The van der Waals surface area contributed by atoms with Gasteiger partial charge in [0.25, 0.3) is 0 Å². The molecule has 0 amide bonds. The average Bonchev–Trinajstić information content (AvgIpc) is 2.46. The molecule has 6 atom stereocenters. The van der Waals surface area contributed by atoms with E-state index in [1.165, 1.54) is 218 Å². The number of ether oxygens (including phenoxy) is 4. The quantitative estimate of drug-likeness (QED) is 0.0222. The summed E-state index contributed by atoms with van der Waals surface area (Å²) in [6, 6.07) is 0. The summed E-state index contributed by atoms with van der Waals surface area (Å²) < 4.78 is 68.5. The number of carbonyl (C=O) groups excluding carboxylic acids is 4. The van der Waals surface area contributed by atoms with Crippen LogP contribution in [0.3, 0.4) is 0 Å². The summed E-state index contributed by atoms with van der Waals surface area (Å²) in [5.41, 5.74) is 0. The number of aliphatic hydroxyl groups is 1. The predicted octanol–water partition coefficient (Wildman–Crippen LogP) is 22.5. The van der Waals surface area contributed by atoms with Gasteiger partial charge in [-0.1, -0.05) is 349 Å². The number of phosphoric acid groups is 2. The summed E-state index contributed by atoms with van der Waals surface area (Å²) >= 11 is 0. The minimum atomic E-state index is -4.96. The second kappa shape index (κ2) is 69.2. The maximum Gasteiger partial charge on any atom is 0.472 e. The van der Waals surface area contributed by atoms with Crippen molar-refractivity contribution in [2.75, 3.05) is 39.6 Å². The van der Waals surface area contributed by atoms with Gasteiger partial charge in [-0.15, -0.1) is 0 Å². The van der Waals surface area contributed by atoms with Gasteiger partial charge in [0, 0.05) is 25.7 Å². The summed E-state index contributed by atoms with van der Waals surface area (Å²) in [6.45, 7) is 7.26. The van der Waals surface area contributed by atoms with Crippen molar-refractivity contribution in [3.63, 3.8) is 0 Å². The van der Waals surface area contributed by atoms with Crippen molar-refractivity contribution in [2.24, 2.45) is 5.92 Å². The Bertz CT molecular complexity index is 1820. The highest BCUT2D eigenvalue weighted by atomic mass is 31.2. The highest BCUT2D eigenvalue weighted by Gasteiger charge is 2.30. The SMILES string of the molecule is CCCCCCCCCCCCCCCCCCCC(=O)O[C@H](COC(=O)CCCCCCCCCCCCCCCC)COP(=O)(O)OC[C@@H](O)COP(=O)(O)OC[C@@H](COC(=O)CCCCCCCCC(C)CC)OC(=O)CCCCCCCCCCCCCCCC. The molecule has 0 aromatic rings. The molecule has 17 nitrogen and oxygen atoms in total. The first-order valence-corrected chi connectivity index (χ1v) is 42.7. The molecular formula is C76H148O17P2. The van der Waals surface area contributed by atoms with Crippen molar-refractivity contribution in [3.05, 3.63) is 0 Å². The highest BCUT2D eigenvalue weighted by molar-refractivity contribution is 7.47. The van der Waals surface area contributed by atoms with Gasteiger partial charge >= 0.3 is 39.5 Å². The summed E-state index contributed by atoms with van der Waals surface area (Å²) in [7, 11) is -9.91. The van der Waals surface area contributed by atoms with Crippen LogP contribution in [0.25, 0.3) is 0 Å². The van der Waals surface area contributed by atoms with Gasteiger partial charge in [-0.05, 0) is 31.6 Å². The van der Waals surface area contributed by atoms with E-state index in [2.05, 4.69) is 34.6 Å². The van der Waals surface area contributed by atoms with Crippen LogP contribution in [0.1, 0.15) is 401 Å². The smallest absolute Gasteiger partial charge is 0.462 e. The average molecular weight is 1400 g/mol. The van der Waals surface area contributed by atoms with E-state index in [-0.39, 0.29) is 25.7 Å². The maximum absolute atomic E-state index is 13.1. The van der Waals surface area contributed by atoms with Crippen LogP contribution in [0.2, 0.25) is 0 Å². The fourth-order valence-electron chi connectivity index (χ4n) is 11.7. The summed E-state index contributed by atoms with van der Waals surface area (Å²) in [5.74, 6) is -1.38. The molecule has 564 valence electrons. The van der Waals surface area contributed by atoms with Gasteiger partial charge in [0.2, 0.25) is 0 Å². The van der Waals surface area contributed by atoms with E-state index in [0.29, 0.717) is 25.7 Å². The Balaban J connectivity index is 5.25.